The van der Waals surface area contributed by atoms with Gasteiger partial charge in [0, 0.05) is 50.8 Å². The molecule has 0 bridgehead atoms. The van der Waals surface area contributed by atoms with Gasteiger partial charge in [0.25, 0.3) is 0 Å². The molecule has 0 radical (unpaired) electrons. The van der Waals surface area contributed by atoms with Crippen molar-refractivity contribution in [2.45, 2.75) is 19.9 Å². The molecule has 5 nitrogen and oxygen atoms in total. The quantitative estimate of drug-likeness (QED) is 0.615. The Morgan fingerprint density at radius 2 is 2.00 bits per heavy atom. The molecule has 0 atom stereocenters. The van der Waals surface area contributed by atoms with Crippen molar-refractivity contribution in [1.29, 1.82) is 0 Å². The molecule has 0 saturated carbocycles. The molecular formula is C21H29N5S. The average Bonchev–Trinajstić information content (AvgIpc) is 3.18. The summed E-state index contributed by atoms with van der Waals surface area (Å²) in [5.74, 6) is 0.975. The monoisotopic (exact) mass is 383 g/mol. The predicted octanol–water partition coefficient (Wildman–Crippen LogP) is 3.11. The van der Waals surface area contributed by atoms with Crippen LogP contribution in [0.15, 0.2) is 47.6 Å². The van der Waals surface area contributed by atoms with Gasteiger partial charge >= 0.3 is 0 Å². The van der Waals surface area contributed by atoms with Crippen molar-refractivity contribution in [1.82, 2.24) is 20.1 Å². The number of aliphatic imine (C=N–C) groups is 1. The van der Waals surface area contributed by atoms with Gasteiger partial charge in [0.05, 0.1) is 6.54 Å². The van der Waals surface area contributed by atoms with Gasteiger partial charge in [-0.05, 0) is 12.0 Å². The number of nitrogens with one attached hydrogen (secondary N) is 1. The van der Waals surface area contributed by atoms with Crippen molar-refractivity contribution < 1.29 is 0 Å². The van der Waals surface area contributed by atoms with Gasteiger partial charge in [-0.2, -0.15) is 0 Å². The van der Waals surface area contributed by atoms with E-state index in [0.29, 0.717) is 0 Å². The first kappa shape index (κ1) is 19.6. The molecule has 27 heavy (non-hydrogen) atoms. The molecule has 1 N–H and O–H groups in total. The summed E-state index contributed by atoms with van der Waals surface area (Å²) in [7, 11) is 1.86. The first-order chi connectivity index (χ1) is 13.3. The first-order valence-corrected chi connectivity index (χ1v) is 10.4. The molecule has 0 amide bonds. The lowest BCUT2D eigenvalue weighted by molar-refractivity contribution is 0.194. The molecule has 3 rings (SSSR count). The minimum Gasteiger partial charge on any atom is -0.350 e. The number of aryl methyl sites for hydroxylation is 1. The molecule has 1 saturated heterocycles. The number of hydrogen-bond donors (Lipinski definition) is 1. The molecule has 2 heterocycles. The standard InChI is InChI=1S/C21H29N5S/c1-3-19-16-23-20(27-19)17-24-21(22-2)26-14-12-25(13-15-26)11-7-10-18-8-5-4-6-9-18/h4-10,16H,3,11-15,17H2,1-2H3,(H,22,24)/b10-7+. The van der Waals surface area contributed by atoms with Gasteiger partial charge in [0.1, 0.15) is 5.01 Å². The summed E-state index contributed by atoms with van der Waals surface area (Å²) >= 11 is 1.78. The molecule has 0 spiro atoms. The third-order valence-corrected chi connectivity index (χ3v) is 5.85. The van der Waals surface area contributed by atoms with Crippen LogP contribution < -0.4 is 5.32 Å². The molecular weight excluding hydrogens is 354 g/mol. The van der Waals surface area contributed by atoms with Crippen LogP contribution in [0.4, 0.5) is 0 Å². The minimum atomic E-state index is 0.747. The van der Waals surface area contributed by atoms with Gasteiger partial charge in [-0.25, -0.2) is 4.98 Å². The average molecular weight is 384 g/mol. The van der Waals surface area contributed by atoms with Crippen LogP contribution in [0.1, 0.15) is 22.4 Å². The summed E-state index contributed by atoms with van der Waals surface area (Å²) in [5.41, 5.74) is 1.26. The second-order valence-corrected chi connectivity index (χ2v) is 7.78. The Labute approximate surface area is 166 Å². The Bertz CT molecular complexity index is 745. The largest absolute Gasteiger partial charge is 0.350 e. The predicted molar refractivity (Wildman–Crippen MR) is 115 cm³/mol. The van der Waals surface area contributed by atoms with Gasteiger partial charge in [0.15, 0.2) is 5.96 Å². The lowest BCUT2D eigenvalue weighted by Crippen LogP contribution is -2.52. The van der Waals surface area contributed by atoms with E-state index in [0.717, 1.165) is 56.7 Å². The molecule has 6 heteroatoms. The number of benzene rings is 1. The van der Waals surface area contributed by atoms with E-state index >= 15 is 0 Å². The maximum absolute atomic E-state index is 4.48. The molecule has 1 aromatic heterocycles. The summed E-state index contributed by atoms with van der Waals surface area (Å²) in [6.07, 6.45) is 7.48. The van der Waals surface area contributed by atoms with Gasteiger partial charge in [-0.15, -0.1) is 11.3 Å². The number of rotatable bonds is 6. The number of guanidine groups is 1. The normalized spacial score (nSPS) is 16.2. The van der Waals surface area contributed by atoms with Gasteiger partial charge < -0.3 is 10.2 Å². The number of thiazole rings is 1. The molecule has 1 aliphatic heterocycles. The van der Waals surface area contributed by atoms with Gasteiger partial charge in [-0.3, -0.25) is 9.89 Å². The van der Waals surface area contributed by atoms with Crippen molar-refractivity contribution in [3.05, 3.63) is 58.1 Å². The molecule has 1 fully saturated rings. The van der Waals surface area contributed by atoms with Crippen molar-refractivity contribution in [2.75, 3.05) is 39.8 Å². The Morgan fingerprint density at radius 3 is 2.67 bits per heavy atom. The van der Waals surface area contributed by atoms with E-state index in [1.165, 1.54) is 10.4 Å². The molecule has 1 aliphatic rings. The second-order valence-electron chi connectivity index (χ2n) is 6.58. The zero-order valence-electron chi connectivity index (χ0n) is 16.3. The smallest absolute Gasteiger partial charge is 0.194 e. The van der Waals surface area contributed by atoms with Crippen LogP contribution in [-0.2, 0) is 13.0 Å². The molecule has 1 aromatic carbocycles. The van der Waals surface area contributed by atoms with Crippen molar-refractivity contribution in [2.24, 2.45) is 4.99 Å². The Hall–Kier alpha value is -2.18. The lowest BCUT2D eigenvalue weighted by Gasteiger charge is -2.36. The van der Waals surface area contributed by atoms with E-state index < -0.39 is 0 Å². The lowest BCUT2D eigenvalue weighted by atomic mass is 10.2. The fourth-order valence-electron chi connectivity index (χ4n) is 3.12. The highest BCUT2D eigenvalue weighted by Crippen LogP contribution is 2.13. The van der Waals surface area contributed by atoms with Crippen molar-refractivity contribution in [3.8, 4) is 0 Å². The van der Waals surface area contributed by atoms with Crippen LogP contribution in [0.3, 0.4) is 0 Å². The summed E-state index contributed by atoms with van der Waals surface area (Å²) in [6.45, 7) is 8.01. The zero-order chi connectivity index (χ0) is 18.9. The fourth-order valence-corrected chi connectivity index (χ4v) is 3.93. The summed E-state index contributed by atoms with van der Waals surface area (Å²) in [6, 6.07) is 10.5. The van der Waals surface area contributed by atoms with Crippen LogP contribution in [0.25, 0.3) is 6.08 Å². The van der Waals surface area contributed by atoms with Crippen LogP contribution in [0, 0.1) is 0 Å². The van der Waals surface area contributed by atoms with Gasteiger partial charge in [0.2, 0.25) is 0 Å². The van der Waals surface area contributed by atoms with Crippen LogP contribution in [-0.4, -0.2) is 60.5 Å². The molecule has 144 valence electrons. The number of aromatic nitrogens is 1. The van der Waals surface area contributed by atoms with E-state index in [9.17, 15) is 0 Å². The Morgan fingerprint density at radius 1 is 1.22 bits per heavy atom. The fraction of sp³-hybridized carbons (Fsp3) is 0.429. The number of piperazine rings is 1. The van der Waals surface area contributed by atoms with E-state index in [1.807, 2.05) is 13.2 Å². The highest BCUT2D eigenvalue weighted by molar-refractivity contribution is 7.11. The summed E-state index contributed by atoms with van der Waals surface area (Å²) < 4.78 is 0. The Kier molecular flexibility index (Phi) is 7.42. The zero-order valence-corrected chi connectivity index (χ0v) is 17.1. The van der Waals surface area contributed by atoms with E-state index in [-0.39, 0.29) is 0 Å². The highest BCUT2D eigenvalue weighted by Gasteiger charge is 2.18. The maximum Gasteiger partial charge on any atom is 0.194 e. The Balaban J connectivity index is 1.42. The SMILES string of the molecule is CCc1cnc(CNC(=NC)N2CCN(C/C=C/c3ccccc3)CC2)s1. The van der Waals surface area contributed by atoms with Crippen LogP contribution in [0.2, 0.25) is 0 Å². The third kappa shape index (κ3) is 5.91. The highest BCUT2D eigenvalue weighted by atomic mass is 32.1. The number of hydrogen-bond acceptors (Lipinski definition) is 4. The van der Waals surface area contributed by atoms with Crippen LogP contribution >= 0.6 is 11.3 Å². The number of nitrogens with zero attached hydrogens (tertiary/aromatic N) is 4. The summed E-state index contributed by atoms with van der Waals surface area (Å²) in [4.78, 5) is 15.1. The topological polar surface area (TPSA) is 43.8 Å². The van der Waals surface area contributed by atoms with Crippen molar-refractivity contribution in [3.63, 3.8) is 0 Å². The van der Waals surface area contributed by atoms with E-state index in [1.54, 1.807) is 11.3 Å². The molecule has 0 unspecified atom stereocenters. The summed E-state index contributed by atoms with van der Waals surface area (Å²) in [5, 5.41) is 4.59. The second kappa shape index (κ2) is 10.2. The molecule has 0 aliphatic carbocycles. The first-order valence-electron chi connectivity index (χ1n) is 9.61. The maximum atomic E-state index is 4.48. The van der Waals surface area contributed by atoms with E-state index in [4.69, 9.17) is 0 Å². The molecule has 2 aromatic rings. The van der Waals surface area contributed by atoms with Crippen LogP contribution in [0.5, 0.6) is 0 Å². The minimum absolute atomic E-state index is 0.747. The van der Waals surface area contributed by atoms with Gasteiger partial charge in [-0.1, -0.05) is 49.4 Å². The van der Waals surface area contributed by atoms with E-state index in [2.05, 4.69) is 74.5 Å². The van der Waals surface area contributed by atoms with Crippen molar-refractivity contribution >= 4 is 23.4 Å². The third-order valence-electron chi connectivity index (χ3n) is 4.70.